The zero-order chi connectivity index (χ0) is 30.1. The fraction of sp³-hybridized carbons (Fsp3) is 0.375. The molecule has 0 spiro atoms. The fourth-order valence-electron chi connectivity index (χ4n) is 5.76. The van der Waals surface area contributed by atoms with E-state index in [1.807, 2.05) is 6.07 Å². The third-order valence-electron chi connectivity index (χ3n) is 7.89. The van der Waals surface area contributed by atoms with Gasteiger partial charge in [-0.3, -0.25) is 0 Å². The maximum Gasteiger partial charge on any atom is 0.417 e. The van der Waals surface area contributed by atoms with Gasteiger partial charge in [-0.2, -0.15) is 13.2 Å². The molecule has 0 bridgehead atoms. The molecule has 0 aliphatic carbocycles. The number of aromatic amines is 1. The van der Waals surface area contributed by atoms with E-state index in [0.29, 0.717) is 59.9 Å². The average molecular weight is 579 g/mol. The Bertz CT molecular complexity index is 1620. The van der Waals surface area contributed by atoms with Crippen LogP contribution in [-0.2, 0) is 16.6 Å². The molecule has 7 nitrogen and oxygen atoms in total. The van der Waals surface area contributed by atoms with E-state index in [-0.39, 0.29) is 5.69 Å². The molecule has 4 aromatic rings. The van der Waals surface area contributed by atoms with Crippen molar-refractivity contribution in [1.29, 1.82) is 0 Å². The number of fused-ring (bicyclic) bond motifs is 1. The minimum Gasteiger partial charge on any atom is -0.496 e. The van der Waals surface area contributed by atoms with Crippen molar-refractivity contribution < 1.29 is 27.8 Å². The summed E-state index contributed by atoms with van der Waals surface area (Å²) in [5, 5.41) is 12.1. The van der Waals surface area contributed by atoms with Crippen molar-refractivity contribution in [3.05, 3.63) is 83.5 Å². The number of ether oxygens (including phenoxy) is 2. The van der Waals surface area contributed by atoms with Gasteiger partial charge in [0.15, 0.2) is 11.3 Å². The summed E-state index contributed by atoms with van der Waals surface area (Å²) in [6.07, 6.45) is -4.59. The quantitative estimate of drug-likeness (QED) is 0.224. The van der Waals surface area contributed by atoms with Gasteiger partial charge in [0.25, 0.3) is 0 Å². The number of halogens is 3. The lowest BCUT2D eigenvalue weighted by Crippen LogP contribution is -2.51. The minimum atomic E-state index is -4.92. The summed E-state index contributed by atoms with van der Waals surface area (Å²) in [6.45, 7) is 13.4. The lowest BCUT2D eigenvalue weighted by Gasteiger charge is -2.38. The van der Waals surface area contributed by atoms with Crippen molar-refractivity contribution in [3.63, 3.8) is 0 Å². The van der Waals surface area contributed by atoms with Crippen LogP contribution in [0, 0.1) is 6.57 Å². The van der Waals surface area contributed by atoms with Gasteiger partial charge in [-0.15, -0.1) is 0 Å². The van der Waals surface area contributed by atoms with Gasteiger partial charge in [0.05, 0.1) is 38.6 Å². The Morgan fingerprint density at radius 3 is 2.52 bits per heavy atom. The van der Waals surface area contributed by atoms with E-state index in [1.165, 1.54) is 7.11 Å². The Hall–Kier alpha value is -4.07. The first-order valence-corrected chi connectivity index (χ1v) is 13.7. The molecule has 1 saturated heterocycles. The van der Waals surface area contributed by atoms with Crippen LogP contribution in [0.5, 0.6) is 5.75 Å². The van der Waals surface area contributed by atoms with E-state index in [1.54, 1.807) is 68.6 Å². The molecule has 1 aliphatic heterocycles. The monoisotopic (exact) mass is 578 g/mol. The molecule has 0 radical (unpaired) electrons. The largest absolute Gasteiger partial charge is 0.496 e. The van der Waals surface area contributed by atoms with E-state index in [2.05, 4.69) is 19.7 Å². The maximum absolute atomic E-state index is 14.7. The number of hydrogen-bond acceptors (Lipinski definition) is 5. The predicted octanol–water partition coefficient (Wildman–Crippen LogP) is 6.83. The molecular formula is C32H33F3N4O3. The molecule has 1 aliphatic rings. The van der Waals surface area contributed by atoms with Crippen molar-refractivity contribution >= 4 is 22.4 Å². The Kier molecular flexibility index (Phi) is 7.92. The normalized spacial score (nSPS) is 15.8. The van der Waals surface area contributed by atoms with E-state index in [4.69, 9.17) is 16.0 Å². The van der Waals surface area contributed by atoms with Gasteiger partial charge >= 0.3 is 6.18 Å². The number of pyridine rings is 1. The van der Waals surface area contributed by atoms with Crippen LogP contribution in [0.4, 0.5) is 24.7 Å². The molecule has 42 heavy (non-hydrogen) atoms. The fourth-order valence-corrected chi connectivity index (χ4v) is 5.76. The standard InChI is InChI=1S/C32H33F3N4O3/c1-30(2,25-16-21(9-10-28(25)41-4)24-7-5-6-8-26(24)36-3)20-31(40,32(33,34)35)18-23-15-22-17-29(37-19-27(22)38-23)39-11-13-42-14-12-39/h5-10,15-17,19,38,40H,11-14,18,20H2,1-2,4H3. The van der Waals surface area contributed by atoms with Gasteiger partial charge in [0, 0.05) is 36.2 Å². The number of morpholine rings is 1. The number of nitrogens with zero attached hydrogens (tertiary/aromatic N) is 3. The SMILES string of the molecule is [C-]#[N+]c1ccccc1-c1ccc(OC)c(C(C)(C)CC(O)(Cc2cc3cc(N4CCOCC4)ncc3[nH]2)C(F)(F)F)c1. The van der Waals surface area contributed by atoms with Crippen LogP contribution in [0.3, 0.4) is 0 Å². The third kappa shape index (κ3) is 5.80. The van der Waals surface area contributed by atoms with E-state index in [0.717, 1.165) is 11.2 Å². The average Bonchev–Trinajstić information content (AvgIpc) is 3.37. The molecule has 2 N–H and O–H groups in total. The van der Waals surface area contributed by atoms with Gasteiger partial charge in [-0.1, -0.05) is 44.2 Å². The minimum absolute atomic E-state index is 0.258. The van der Waals surface area contributed by atoms with E-state index in [9.17, 15) is 18.3 Å². The van der Waals surface area contributed by atoms with Crippen molar-refractivity contribution in [2.75, 3.05) is 38.3 Å². The van der Waals surface area contributed by atoms with Crippen molar-refractivity contribution in [3.8, 4) is 16.9 Å². The van der Waals surface area contributed by atoms with Crippen LogP contribution in [-0.4, -0.2) is 60.3 Å². The molecule has 220 valence electrons. The Morgan fingerprint density at radius 1 is 1.10 bits per heavy atom. The van der Waals surface area contributed by atoms with Crippen LogP contribution < -0.4 is 9.64 Å². The topological polar surface area (TPSA) is 75.0 Å². The maximum atomic E-state index is 14.7. The summed E-state index contributed by atoms with van der Waals surface area (Å²) in [7, 11) is 1.46. The molecule has 0 amide bonds. The summed E-state index contributed by atoms with van der Waals surface area (Å²) in [4.78, 5) is 13.2. The first-order chi connectivity index (χ1) is 19.9. The predicted molar refractivity (Wildman–Crippen MR) is 156 cm³/mol. The second-order valence-electron chi connectivity index (χ2n) is 11.3. The number of para-hydroxylation sites is 1. The second-order valence-corrected chi connectivity index (χ2v) is 11.3. The number of anilines is 1. The first kappa shape index (κ1) is 29.4. The van der Waals surface area contributed by atoms with Gasteiger partial charge in [0.2, 0.25) is 0 Å². The molecule has 5 rings (SSSR count). The van der Waals surface area contributed by atoms with Gasteiger partial charge < -0.3 is 24.5 Å². The summed E-state index contributed by atoms with van der Waals surface area (Å²) in [5.41, 5.74) is -1.08. The number of alkyl halides is 3. The second kappa shape index (κ2) is 11.3. The van der Waals surface area contributed by atoms with Crippen LogP contribution in [0.15, 0.2) is 60.8 Å². The number of H-pyrrole nitrogens is 1. The van der Waals surface area contributed by atoms with E-state index < -0.39 is 30.0 Å². The highest BCUT2D eigenvalue weighted by Gasteiger charge is 2.56. The molecule has 1 fully saturated rings. The molecule has 3 heterocycles. The Balaban J connectivity index is 1.47. The molecule has 2 aromatic heterocycles. The van der Waals surface area contributed by atoms with Crippen LogP contribution in [0.25, 0.3) is 26.9 Å². The van der Waals surface area contributed by atoms with Gasteiger partial charge in [0.1, 0.15) is 11.6 Å². The number of aliphatic hydroxyl groups is 1. The third-order valence-corrected chi connectivity index (χ3v) is 7.89. The molecule has 10 heteroatoms. The summed E-state index contributed by atoms with van der Waals surface area (Å²) in [5.74, 6) is 1.14. The molecule has 0 saturated carbocycles. The number of nitrogens with one attached hydrogen (secondary N) is 1. The number of aromatic nitrogens is 2. The van der Waals surface area contributed by atoms with Crippen molar-refractivity contribution in [2.45, 2.75) is 43.9 Å². The molecule has 2 aromatic carbocycles. The first-order valence-electron chi connectivity index (χ1n) is 13.7. The lowest BCUT2D eigenvalue weighted by molar-refractivity contribution is -0.266. The number of rotatable bonds is 8. The van der Waals surface area contributed by atoms with Gasteiger partial charge in [-0.25, -0.2) is 9.83 Å². The number of benzene rings is 2. The molecule has 1 unspecified atom stereocenters. The van der Waals surface area contributed by atoms with Crippen molar-refractivity contribution in [1.82, 2.24) is 9.97 Å². The molecular weight excluding hydrogens is 545 g/mol. The highest BCUT2D eigenvalue weighted by molar-refractivity contribution is 5.82. The zero-order valence-corrected chi connectivity index (χ0v) is 23.8. The summed E-state index contributed by atoms with van der Waals surface area (Å²) < 4.78 is 54.9. The summed E-state index contributed by atoms with van der Waals surface area (Å²) >= 11 is 0. The van der Waals surface area contributed by atoms with Crippen molar-refractivity contribution in [2.24, 2.45) is 0 Å². The van der Waals surface area contributed by atoms with Crippen LogP contribution in [0.1, 0.15) is 31.5 Å². The summed E-state index contributed by atoms with van der Waals surface area (Å²) in [6, 6.07) is 15.8. The highest BCUT2D eigenvalue weighted by Crippen LogP contribution is 2.46. The van der Waals surface area contributed by atoms with Crippen LogP contribution >= 0.6 is 0 Å². The van der Waals surface area contributed by atoms with Gasteiger partial charge in [-0.05, 0) is 47.2 Å². The zero-order valence-electron chi connectivity index (χ0n) is 23.8. The number of hydrogen-bond donors (Lipinski definition) is 2. The highest BCUT2D eigenvalue weighted by atomic mass is 19.4. The van der Waals surface area contributed by atoms with Crippen LogP contribution in [0.2, 0.25) is 0 Å². The van der Waals surface area contributed by atoms with E-state index >= 15 is 0 Å². The smallest absolute Gasteiger partial charge is 0.417 e. The molecule has 1 atom stereocenters. The number of methoxy groups -OCH3 is 1. The Labute approximate surface area is 242 Å². The lowest BCUT2D eigenvalue weighted by atomic mass is 9.72. The Morgan fingerprint density at radius 2 is 1.83 bits per heavy atom.